The first-order chi connectivity index (χ1) is 12.1. The molecule has 1 aromatic carbocycles. The number of benzene rings is 1. The van der Waals surface area contributed by atoms with Crippen molar-refractivity contribution in [3.63, 3.8) is 0 Å². The van der Waals surface area contributed by atoms with Gasteiger partial charge in [-0.2, -0.15) is 0 Å². The van der Waals surface area contributed by atoms with Gasteiger partial charge in [-0.3, -0.25) is 4.79 Å². The Hall–Kier alpha value is -2.56. The summed E-state index contributed by atoms with van der Waals surface area (Å²) in [5.41, 5.74) is 4.28. The van der Waals surface area contributed by atoms with Gasteiger partial charge in [0.1, 0.15) is 0 Å². The Kier molecular flexibility index (Phi) is 4.07. The summed E-state index contributed by atoms with van der Waals surface area (Å²) in [7, 11) is 0. The van der Waals surface area contributed by atoms with Crippen LogP contribution in [0, 0.1) is 19.8 Å². The monoisotopic (exact) mass is 336 g/mol. The molecule has 3 aromatic rings. The third kappa shape index (κ3) is 3.06. The number of piperidine rings is 1. The minimum atomic E-state index is 0.149. The summed E-state index contributed by atoms with van der Waals surface area (Å²) < 4.78 is 2.11. The van der Waals surface area contributed by atoms with Crippen LogP contribution in [0.4, 0.5) is 0 Å². The van der Waals surface area contributed by atoms with Crippen molar-refractivity contribution < 1.29 is 4.79 Å². The molecule has 1 atom stereocenters. The second-order valence-corrected chi connectivity index (χ2v) is 7.15. The lowest BCUT2D eigenvalue weighted by Gasteiger charge is -2.33. The zero-order chi connectivity index (χ0) is 17.4. The quantitative estimate of drug-likeness (QED) is 0.795. The standard InChI is InChI=1S/C20H24N4O/c1-14-15(2)22-19-6-5-17(10-18(14)19)20(25)24-8-3-4-16(12-24)11-23-9-7-21-13-23/h5-7,9-10,13,16,22H,3-4,8,11-12H2,1-2H3/t16-/m1/s1. The summed E-state index contributed by atoms with van der Waals surface area (Å²) in [5.74, 6) is 0.641. The van der Waals surface area contributed by atoms with E-state index in [9.17, 15) is 4.79 Å². The number of hydrogen-bond donors (Lipinski definition) is 1. The van der Waals surface area contributed by atoms with Crippen LogP contribution in [-0.4, -0.2) is 38.4 Å². The molecule has 0 aliphatic carbocycles. The topological polar surface area (TPSA) is 53.9 Å². The summed E-state index contributed by atoms with van der Waals surface area (Å²) in [6, 6.07) is 6.00. The number of imidazole rings is 1. The van der Waals surface area contributed by atoms with Gasteiger partial charge in [0.15, 0.2) is 0 Å². The highest BCUT2D eigenvalue weighted by Crippen LogP contribution is 2.25. The van der Waals surface area contributed by atoms with Gasteiger partial charge in [-0.15, -0.1) is 0 Å². The van der Waals surface area contributed by atoms with Crippen molar-refractivity contribution in [2.45, 2.75) is 33.2 Å². The number of fused-ring (bicyclic) bond motifs is 1. The number of hydrogen-bond acceptors (Lipinski definition) is 2. The van der Waals surface area contributed by atoms with E-state index in [1.165, 1.54) is 5.56 Å². The fraction of sp³-hybridized carbons (Fsp3) is 0.400. The average Bonchev–Trinajstić information content (AvgIpc) is 3.23. The first-order valence-corrected chi connectivity index (χ1v) is 8.96. The van der Waals surface area contributed by atoms with Crippen LogP contribution in [0.5, 0.6) is 0 Å². The van der Waals surface area contributed by atoms with Gasteiger partial charge in [0.2, 0.25) is 0 Å². The van der Waals surface area contributed by atoms with E-state index in [0.29, 0.717) is 5.92 Å². The van der Waals surface area contributed by atoms with Gasteiger partial charge in [-0.1, -0.05) is 0 Å². The molecule has 0 spiro atoms. The van der Waals surface area contributed by atoms with E-state index in [2.05, 4.69) is 28.4 Å². The maximum atomic E-state index is 13.0. The number of aromatic amines is 1. The van der Waals surface area contributed by atoms with E-state index < -0.39 is 0 Å². The van der Waals surface area contributed by atoms with Crippen LogP contribution >= 0.6 is 0 Å². The van der Waals surface area contributed by atoms with Gasteiger partial charge in [0, 0.05) is 54.2 Å². The number of carbonyl (C=O) groups excluding carboxylic acids is 1. The number of carbonyl (C=O) groups is 1. The first kappa shape index (κ1) is 15.9. The van der Waals surface area contributed by atoms with Gasteiger partial charge in [-0.25, -0.2) is 4.98 Å². The van der Waals surface area contributed by atoms with E-state index in [4.69, 9.17) is 0 Å². The minimum absolute atomic E-state index is 0.149. The second kappa shape index (κ2) is 6.39. The number of amides is 1. The van der Waals surface area contributed by atoms with Gasteiger partial charge in [0.25, 0.3) is 5.91 Å². The lowest BCUT2D eigenvalue weighted by atomic mass is 9.97. The van der Waals surface area contributed by atoms with E-state index in [1.54, 1.807) is 0 Å². The Morgan fingerprint density at radius 3 is 3.04 bits per heavy atom. The highest BCUT2D eigenvalue weighted by molar-refractivity contribution is 5.99. The van der Waals surface area contributed by atoms with Crippen LogP contribution in [-0.2, 0) is 6.54 Å². The van der Waals surface area contributed by atoms with Gasteiger partial charge < -0.3 is 14.5 Å². The second-order valence-electron chi connectivity index (χ2n) is 7.15. The normalized spacial score (nSPS) is 18.0. The summed E-state index contributed by atoms with van der Waals surface area (Å²) in [6.07, 6.45) is 7.88. The van der Waals surface area contributed by atoms with Crippen molar-refractivity contribution in [2.24, 2.45) is 5.92 Å². The molecule has 2 aromatic heterocycles. The predicted molar refractivity (Wildman–Crippen MR) is 98.6 cm³/mol. The molecule has 5 heteroatoms. The molecule has 1 aliphatic rings. The lowest BCUT2D eigenvalue weighted by Crippen LogP contribution is -2.41. The number of H-pyrrole nitrogens is 1. The number of aryl methyl sites for hydroxylation is 2. The summed E-state index contributed by atoms with van der Waals surface area (Å²) in [4.78, 5) is 22.5. The van der Waals surface area contributed by atoms with E-state index in [-0.39, 0.29) is 5.91 Å². The number of nitrogens with one attached hydrogen (secondary N) is 1. The van der Waals surface area contributed by atoms with Crippen LogP contribution in [0.2, 0.25) is 0 Å². The van der Waals surface area contributed by atoms with Crippen molar-refractivity contribution in [2.75, 3.05) is 13.1 Å². The molecule has 5 nitrogen and oxygen atoms in total. The van der Waals surface area contributed by atoms with Gasteiger partial charge in [-0.05, 0) is 56.4 Å². The zero-order valence-electron chi connectivity index (χ0n) is 14.8. The van der Waals surface area contributed by atoms with Gasteiger partial charge in [0.05, 0.1) is 6.33 Å². The molecule has 1 fully saturated rings. The Labute approximate surface area is 147 Å². The molecular weight excluding hydrogens is 312 g/mol. The molecule has 0 saturated carbocycles. The molecule has 4 rings (SSSR count). The third-order valence-electron chi connectivity index (χ3n) is 5.39. The summed E-state index contributed by atoms with van der Waals surface area (Å²) in [5, 5.41) is 1.15. The molecule has 1 aliphatic heterocycles. The molecule has 3 heterocycles. The van der Waals surface area contributed by atoms with Crippen LogP contribution in [0.15, 0.2) is 36.9 Å². The fourth-order valence-electron chi connectivity index (χ4n) is 3.87. The van der Waals surface area contributed by atoms with E-state index in [1.807, 2.05) is 41.8 Å². The van der Waals surface area contributed by atoms with Gasteiger partial charge >= 0.3 is 0 Å². The number of aromatic nitrogens is 3. The Bertz CT molecular complexity index is 894. The zero-order valence-corrected chi connectivity index (χ0v) is 14.8. The molecular formula is C20H24N4O. The number of likely N-dealkylation sites (tertiary alicyclic amines) is 1. The summed E-state index contributed by atoms with van der Waals surface area (Å²) in [6.45, 7) is 6.77. The van der Waals surface area contributed by atoms with Crippen molar-refractivity contribution in [1.82, 2.24) is 19.4 Å². The van der Waals surface area contributed by atoms with E-state index >= 15 is 0 Å². The van der Waals surface area contributed by atoms with Crippen LogP contribution in [0.25, 0.3) is 10.9 Å². The van der Waals surface area contributed by atoms with E-state index in [0.717, 1.165) is 54.6 Å². The van der Waals surface area contributed by atoms with Crippen molar-refractivity contribution in [1.29, 1.82) is 0 Å². The molecule has 130 valence electrons. The largest absolute Gasteiger partial charge is 0.358 e. The highest BCUT2D eigenvalue weighted by atomic mass is 16.2. The highest BCUT2D eigenvalue weighted by Gasteiger charge is 2.25. The van der Waals surface area contributed by atoms with Crippen LogP contribution in [0.3, 0.4) is 0 Å². The van der Waals surface area contributed by atoms with Crippen molar-refractivity contribution in [3.05, 3.63) is 53.7 Å². The molecule has 25 heavy (non-hydrogen) atoms. The molecule has 0 bridgehead atoms. The first-order valence-electron chi connectivity index (χ1n) is 8.96. The van der Waals surface area contributed by atoms with Crippen molar-refractivity contribution in [3.8, 4) is 0 Å². The van der Waals surface area contributed by atoms with Crippen molar-refractivity contribution >= 4 is 16.8 Å². The minimum Gasteiger partial charge on any atom is -0.358 e. The smallest absolute Gasteiger partial charge is 0.253 e. The molecule has 1 N–H and O–H groups in total. The molecule has 0 radical (unpaired) electrons. The summed E-state index contributed by atoms with van der Waals surface area (Å²) >= 11 is 0. The Balaban J connectivity index is 1.52. The lowest BCUT2D eigenvalue weighted by molar-refractivity contribution is 0.0662. The average molecular weight is 336 g/mol. The Morgan fingerprint density at radius 1 is 1.36 bits per heavy atom. The maximum absolute atomic E-state index is 13.0. The molecule has 1 amide bonds. The molecule has 1 saturated heterocycles. The third-order valence-corrected chi connectivity index (χ3v) is 5.39. The maximum Gasteiger partial charge on any atom is 0.253 e. The Morgan fingerprint density at radius 2 is 2.24 bits per heavy atom. The van der Waals surface area contributed by atoms with Crippen LogP contribution < -0.4 is 0 Å². The SMILES string of the molecule is Cc1[nH]c2ccc(C(=O)N3CCC[C@H](Cn4ccnc4)C3)cc2c1C. The number of nitrogens with zero attached hydrogens (tertiary/aromatic N) is 3. The predicted octanol–water partition coefficient (Wildman–Crippen LogP) is 3.53. The fourth-order valence-corrected chi connectivity index (χ4v) is 3.87. The molecule has 0 unspecified atom stereocenters. The van der Waals surface area contributed by atoms with Crippen LogP contribution in [0.1, 0.15) is 34.5 Å². The number of rotatable bonds is 3.